The highest BCUT2D eigenvalue weighted by Crippen LogP contribution is 2.21. The topological polar surface area (TPSA) is 72.5 Å². The van der Waals surface area contributed by atoms with Gasteiger partial charge >= 0.3 is 0 Å². The van der Waals surface area contributed by atoms with Crippen molar-refractivity contribution in [2.24, 2.45) is 5.92 Å². The van der Waals surface area contributed by atoms with E-state index in [0.717, 1.165) is 25.9 Å². The zero-order valence-corrected chi connectivity index (χ0v) is 12.2. The first-order chi connectivity index (χ1) is 9.56. The molecule has 1 saturated heterocycles. The second-order valence-corrected chi connectivity index (χ2v) is 5.79. The minimum absolute atomic E-state index is 0.0684. The van der Waals surface area contributed by atoms with E-state index in [0.29, 0.717) is 13.0 Å². The Morgan fingerprint density at radius 1 is 1.55 bits per heavy atom. The van der Waals surface area contributed by atoms with Gasteiger partial charge in [0.25, 0.3) is 0 Å². The number of aryl methyl sites for hydroxylation is 1. The lowest BCUT2D eigenvalue weighted by Gasteiger charge is -2.17. The Hall–Kier alpha value is -1.40. The van der Waals surface area contributed by atoms with Crippen molar-refractivity contribution in [2.45, 2.75) is 25.4 Å². The smallest absolute Gasteiger partial charge is 0.222 e. The first kappa shape index (κ1) is 15.0. The predicted molar refractivity (Wildman–Crippen MR) is 76.2 cm³/mol. The number of rotatable bonds is 6. The average Bonchev–Trinajstić information content (AvgIpc) is 3.00. The number of aliphatic hydroxyl groups excluding tert-OH is 1. The summed E-state index contributed by atoms with van der Waals surface area (Å²) in [5.74, 6) is 0.160. The number of hydrogen-bond acceptors (Lipinski definition) is 4. The molecule has 1 amide bonds. The molecule has 2 rings (SSSR count). The van der Waals surface area contributed by atoms with Gasteiger partial charge in [-0.1, -0.05) is 0 Å². The van der Waals surface area contributed by atoms with E-state index >= 15 is 0 Å². The van der Waals surface area contributed by atoms with Crippen LogP contribution in [-0.4, -0.2) is 70.8 Å². The molecule has 0 saturated carbocycles. The van der Waals surface area contributed by atoms with Crippen LogP contribution in [0.15, 0.2) is 12.4 Å². The van der Waals surface area contributed by atoms with Crippen molar-refractivity contribution < 1.29 is 9.90 Å². The molecule has 0 radical (unpaired) electrons. The molecule has 0 bridgehead atoms. The molecule has 20 heavy (non-hydrogen) atoms. The zero-order valence-electron chi connectivity index (χ0n) is 12.2. The van der Waals surface area contributed by atoms with E-state index in [4.69, 9.17) is 0 Å². The lowest BCUT2D eigenvalue weighted by molar-refractivity contribution is -0.130. The molecule has 1 aromatic rings. The van der Waals surface area contributed by atoms with Gasteiger partial charge in [-0.2, -0.15) is 5.10 Å². The first-order valence-corrected chi connectivity index (χ1v) is 7.14. The standard InChI is InChI=1S/C14H24N4O2/c1-17(2)14(20)6-12-9-18(10-13(12)19)5-3-4-11-7-15-16-8-11/h7-8,12-13,19H,3-6,9-10H2,1-2H3,(H,15,16)/t12-,13-/m1/s1. The molecule has 2 heterocycles. The summed E-state index contributed by atoms with van der Waals surface area (Å²) in [5, 5.41) is 16.8. The number of carbonyl (C=O) groups is 1. The van der Waals surface area contributed by atoms with Gasteiger partial charge in [0.05, 0.1) is 12.3 Å². The fourth-order valence-corrected chi connectivity index (χ4v) is 2.65. The summed E-state index contributed by atoms with van der Waals surface area (Å²) < 4.78 is 0. The maximum Gasteiger partial charge on any atom is 0.222 e. The first-order valence-electron chi connectivity index (χ1n) is 7.14. The number of amides is 1. The Balaban J connectivity index is 1.71. The molecule has 0 aliphatic carbocycles. The van der Waals surface area contributed by atoms with Gasteiger partial charge in [-0.15, -0.1) is 0 Å². The van der Waals surface area contributed by atoms with Crippen molar-refractivity contribution in [1.82, 2.24) is 20.0 Å². The summed E-state index contributed by atoms with van der Waals surface area (Å²) in [6.45, 7) is 2.44. The highest BCUT2D eigenvalue weighted by atomic mass is 16.3. The number of aromatic nitrogens is 2. The summed E-state index contributed by atoms with van der Waals surface area (Å²) in [5.41, 5.74) is 1.21. The van der Waals surface area contributed by atoms with Crippen LogP contribution in [0.4, 0.5) is 0 Å². The summed E-state index contributed by atoms with van der Waals surface area (Å²) in [6.07, 6.45) is 5.85. The van der Waals surface area contributed by atoms with Crippen LogP contribution in [0.25, 0.3) is 0 Å². The van der Waals surface area contributed by atoms with E-state index in [1.54, 1.807) is 19.0 Å². The maximum absolute atomic E-state index is 11.7. The second kappa shape index (κ2) is 6.85. The largest absolute Gasteiger partial charge is 0.391 e. The average molecular weight is 280 g/mol. The number of likely N-dealkylation sites (tertiary alicyclic amines) is 1. The number of nitrogens with one attached hydrogen (secondary N) is 1. The summed E-state index contributed by atoms with van der Waals surface area (Å²) in [4.78, 5) is 15.5. The third kappa shape index (κ3) is 4.05. The number of β-amino-alcohol motifs (C(OH)–C–C–N with tert-alkyl or cyclic N) is 1. The van der Waals surface area contributed by atoms with Gasteiger partial charge in [-0.05, 0) is 24.9 Å². The second-order valence-electron chi connectivity index (χ2n) is 5.79. The van der Waals surface area contributed by atoms with E-state index in [1.165, 1.54) is 5.56 Å². The van der Waals surface area contributed by atoms with Crippen molar-refractivity contribution in [3.8, 4) is 0 Å². The van der Waals surface area contributed by atoms with Crippen LogP contribution < -0.4 is 0 Å². The predicted octanol–water partition coefficient (Wildman–Crippen LogP) is 0.113. The number of nitrogens with zero attached hydrogens (tertiary/aromatic N) is 3. The lowest BCUT2D eigenvalue weighted by Crippen LogP contribution is -2.28. The molecule has 1 fully saturated rings. The molecule has 6 heteroatoms. The maximum atomic E-state index is 11.7. The van der Waals surface area contributed by atoms with E-state index in [-0.39, 0.29) is 17.9 Å². The third-order valence-corrected chi connectivity index (χ3v) is 3.91. The fourth-order valence-electron chi connectivity index (χ4n) is 2.65. The molecular weight excluding hydrogens is 256 g/mol. The van der Waals surface area contributed by atoms with Gasteiger partial charge in [0, 0.05) is 45.7 Å². The van der Waals surface area contributed by atoms with Gasteiger partial charge in [-0.25, -0.2) is 0 Å². The normalized spacial score (nSPS) is 23.1. The Morgan fingerprint density at radius 3 is 3.00 bits per heavy atom. The van der Waals surface area contributed by atoms with Gasteiger partial charge in [0.15, 0.2) is 0 Å². The van der Waals surface area contributed by atoms with Gasteiger partial charge in [0.2, 0.25) is 5.91 Å². The van der Waals surface area contributed by atoms with Crippen molar-refractivity contribution in [2.75, 3.05) is 33.7 Å². The van der Waals surface area contributed by atoms with Crippen molar-refractivity contribution >= 4 is 5.91 Å². The Labute approximate surface area is 119 Å². The lowest BCUT2D eigenvalue weighted by atomic mass is 10.0. The molecule has 1 aliphatic rings. The number of carbonyl (C=O) groups excluding carboxylic acids is 1. The zero-order chi connectivity index (χ0) is 14.5. The molecule has 0 spiro atoms. The molecule has 0 unspecified atom stereocenters. The molecule has 2 N–H and O–H groups in total. The highest BCUT2D eigenvalue weighted by molar-refractivity contribution is 5.75. The SMILES string of the molecule is CN(C)C(=O)C[C@@H]1CN(CCCc2cn[nH]c2)C[C@H]1O. The van der Waals surface area contributed by atoms with Crippen molar-refractivity contribution in [3.63, 3.8) is 0 Å². The summed E-state index contributed by atoms with van der Waals surface area (Å²) >= 11 is 0. The summed E-state index contributed by atoms with van der Waals surface area (Å²) in [6, 6.07) is 0. The number of aliphatic hydroxyl groups is 1. The van der Waals surface area contributed by atoms with E-state index in [2.05, 4.69) is 15.1 Å². The highest BCUT2D eigenvalue weighted by Gasteiger charge is 2.32. The van der Waals surface area contributed by atoms with Crippen LogP contribution in [0, 0.1) is 5.92 Å². The Morgan fingerprint density at radius 2 is 2.35 bits per heavy atom. The molecule has 1 aromatic heterocycles. The quantitative estimate of drug-likeness (QED) is 0.776. The van der Waals surface area contributed by atoms with Crippen LogP contribution in [-0.2, 0) is 11.2 Å². The molecule has 0 aromatic carbocycles. The third-order valence-electron chi connectivity index (χ3n) is 3.91. The fraction of sp³-hybridized carbons (Fsp3) is 0.714. The minimum Gasteiger partial charge on any atom is -0.391 e. The van der Waals surface area contributed by atoms with Crippen LogP contribution in [0.3, 0.4) is 0 Å². The molecule has 6 nitrogen and oxygen atoms in total. The number of hydrogen-bond donors (Lipinski definition) is 2. The van der Waals surface area contributed by atoms with Gasteiger partial charge < -0.3 is 14.9 Å². The number of H-pyrrole nitrogens is 1. The van der Waals surface area contributed by atoms with E-state index in [9.17, 15) is 9.90 Å². The minimum atomic E-state index is -0.382. The molecular formula is C14H24N4O2. The molecule has 112 valence electrons. The van der Waals surface area contributed by atoms with Crippen LogP contribution >= 0.6 is 0 Å². The summed E-state index contributed by atoms with van der Waals surface area (Å²) in [7, 11) is 3.51. The molecule has 2 atom stereocenters. The van der Waals surface area contributed by atoms with Crippen LogP contribution in [0.1, 0.15) is 18.4 Å². The molecule has 1 aliphatic heterocycles. The van der Waals surface area contributed by atoms with Gasteiger partial charge in [0.1, 0.15) is 0 Å². The van der Waals surface area contributed by atoms with Gasteiger partial charge in [-0.3, -0.25) is 9.89 Å². The van der Waals surface area contributed by atoms with E-state index in [1.807, 2.05) is 12.4 Å². The van der Waals surface area contributed by atoms with Crippen LogP contribution in [0.5, 0.6) is 0 Å². The monoisotopic (exact) mass is 280 g/mol. The number of aromatic amines is 1. The van der Waals surface area contributed by atoms with Crippen molar-refractivity contribution in [3.05, 3.63) is 18.0 Å². The van der Waals surface area contributed by atoms with Crippen LogP contribution in [0.2, 0.25) is 0 Å². The Kier molecular flexibility index (Phi) is 5.14. The Bertz CT molecular complexity index is 419. The van der Waals surface area contributed by atoms with E-state index < -0.39 is 0 Å². The van der Waals surface area contributed by atoms with Crippen molar-refractivity contribution in [1.29, 1.82) is 0 Å².